The summed E-state index contributed by atoms with van der Waals surface area (Å²) in [5, 5.41) is 23.3. The Labute approximate surface area is 250 Å². The molecule has 0 spiro atoms. The summed E-state index contributed by atoms with van der Waals surface area (Å²) in [4.78, 5) is 25.7. The zero-order chi connectivity index (χ0) is 30.1. The van der Waals surface area contributed by atoms with Crippen LogP contribution in [0, 0.1) is 12.7 Å². The Balaban J connectivity index is 1.54. The summed E-state index contributed by atoms with van der Waals surface area (Å²) in [6, 6.07) is 8.93. The molecule has 2 amide bonds. The fourth-order valence-corrected chi connectivity index (χ4v) is 5.15. The molecule has 0 unspecified atom stereocenters. The monoisotopic (exact) mass is 615 g/mol. The van der Waals surface area contributed by atoms with Gasteiger partial charge < -0.3 is 19.5 Å². The second-order valence-electron chi connectivity index (χ2n) is 8.46. The van der Waals surface area contributed by atoms with E-state index >= 15 is 0 Å². The van der Waals surface area contributed by atoms with Crippen LogP contribution < -0.4 is 24.8 Å². The van der Waals surface area contributed by atoms with Crippen LogP contribution in [0.25, 0.3) is 5.69 Å². The summed E-state index contributed by atoms with van der Waals surface area (Å²) < 4.78 is 32.5. The van der Waals surface area contributed by atoms with Crippen LogP contribution in [-0.2, 0) is 11.3 Å². The molecular formula is C27H30FN7O5S2. The van der Waals surface area contributed by atoms with Gasteiger partial charge in [0.1, 0.15) is 10.8 Å². The number of hydrogen-bond donors (Lipinski definition) is 2. The van der Waals surface area contributed by atoms with Gasteiger partial charge in [-0.25, -0.2) is 4.39 Å². The molecule has 2 N–H and O–H groups in total. The molecule has 0 fully saturated rings. The molecule has 0 saturated carbocycles. The van der Waals surface area contributed by atoms with Crippen LogP contribution in [-0.4, -0.2) is 62.3 Å². The maximum absolute atomic E-state index is 13.7. The third-order valence-electron chi connectivity index (χ3n) is 5.47. The first kappa shape index (κ1) is 30.7. The lowest BCUT2D eigenvalue weighted by molar-refractivity contribution is -0.113. The summed E-state index contributed by atoms with van der Waals surface area (Å²) in [7, 11) is 0. The highest BCUT2D eigenvalue weighted by Gasteiger charge is 2.21. The fourth-order valence-electron chi connectivity index (χ4n) is 3.77. The predicted octanol–water partition coefficient (Wildman–Crippen LogP) is 4.42. The molecule has 4 rings (SSSR count). The normalized spacial score (nSPS) is 10.8. The van der Waals surface area contributed by atoms with Crippen molar-refractivity contribution in [2.24, 2.45) is 0 Å². The molecule has 42 heavy (non-hydrogen) atoms. The lowest BCUT2D eigenvalue weighted by Gasteiger charge is -2.17. The Morgan fingerprint density at radius 2 is 1.62 bits per heavy atom. The van der Waals surface area contributed by atoms with E-state index in [1.807, 2.05) is 20.8 Å². The molecule has 0 aliphatic rings. The summed E-state index contributed by atoms with van der Waals surface area (Å²) in [5.41, 5.74) is 0.864. The second-order valence-corrected chi connectivity index (χ2v) is 10.6. The van der Waals surface area contributed by atoms with E-state index in [0.29, 0.717) is 64.4 Å². The first-order valence-electron chi connectivity index (χ1n) is 13.1. The molecule has 0 aliphatic heterocycles. The first-order valence-corrected chi connectivity index (χ1v) is 14.9. The number of rotatable bonds is 14. The van der Waals surface area contributed by atoms with E-state index in [4.69, 9.17) is 14.2 Å². The number of anilines is 1. The number of aryl methyl sites for hydroxylation is 1. The van der Waals surface area contributed by atoms with Crippen LogP contribution >= 0.6 is 23.1 Å². The lowest BCUT2D eigenvalue weighted by Crippen LogP contribution is -2.25. The predicted molar refractivity (Wildman–Crippen MR) is 156 cm³/mol. The third kappa shape index (κ3) is 7.73. The van der Waals surface area contributed by atoms with Crippen molar-refractivity contribution in [3.63, 3.8) is 0 Å². The highest BCUT2D eigenvalue weighted by atomic mass is 32.2. The van der Waals surface area contributed by atoms with Gasteiger partial charge in [0.15, 0.2) is 22.5 Å². The number of hydrogen-bond acceptors (Lipinski definition) is 11. The maximum Gasteiger partial charge on any atom is 0.251 e. The van der Waals surface area contributed by atoms with Gasteiger partial charge in [-0.1, -0.05) is 23.1 Å². The van der Waals surface area contributed by atoms with Gasteiger partial charge in [-0.15, -0.1) is 20.4 Å². The van der Waals surface area contributed by atoms with E-state index in [9.17, 15) is 14.0 Å². The van der Waals surface area contributed by atoms with E-state index in [2.05, 4.69) is 31.0 Å². The molecule has 2 heterocycles. The summed E-state index contributed by atoms with van der Waals surface area (Å²) in [6.45, 7) is 8.44. The zero-order valence-corrected chi connectivity index (χ0v) is 25.1. The first-order chi connectivity index (χ1) is 20.3. The molecule has 0 atom stereocenters. The van der Waals surface area contributed by atoms with Crippen molar-refractivity contribution in [2.45, 2.75) is 39.4 Å². The van der Waals surface area contributed by atoms with Gasteiger partial charge >= 0.3 is 0 Å². The second kappa shape index (κ2) is 14.6. The van der Waals surface area contributed by atoms with Crippen LogP contribution in [0.3, 0.4) is 0 Å². The number of ether oxygens (including phenoxy) is 3. The maximum atomic E-state index is 13.7. The molecule has 0 saturated heterocycles. The summed E-state index contributed by atoms with van der Waals surface area (Å²) in [6.07, 6.45) is 0. The van der Waals surface area contributed by atoms with Crippen molar-refractivity contribution in [3.05, 3.63) is 58.6 Å². The minimum Gasteiger partial charge on any atom is -0.490 e. The summed E-state index contributed by atoms with van der Waals surface area (Å²) in [5.74, 6) is 0.487. The molecule has 0 bridgehead atoms. The van der Waals surface area contributed by atoms with Gasteiger partial charge in [-0.2, -0.15) is 0 Å². The average molecular weight is 616 g/mol. The molecule has 0 aliphatic carbocycles. The number of benzene rings is 2. The van der Waals surface area contributed by atoms with Gasteiger partial charge in [-0.05, 0) is 64.1 Å². The molecule has 15 heteroatoms. The van der Waals surface area contributed by atoms with Gasteiger partial charge in [0.2, 0.25) is 16.8 Å². The number of thioether (sulfide) groups is 1. The molecule has 12 nitrogen and oxygen atoms in total. The molecule has 4 aromatic rings. The minimum atomic E-state index is -0.409. The van der Waals surface area contributed by atoms with Crippen molar-refractivity contribution in [1.82, 2.24) is 30.3 Å². The zero-order valence-electron chi connectivity index (χ0n) is 23.5. The van der Waals surface area contributed by atoms with E-state index in [1.165, 1.54) is 23.5 Å². The molecular weight excluding hydrogens is 585 g/mol. The largest absolute Gasteiger partial charge is 0.490 e. The number of amides is 2. The van der Waals surface area contributed by atoms with E-state index in [0.717, 1.165) is 16.8 Å². The van der Waals surface area contributed by atoms with Crippen LogP contribution in [0.1, 0.15) is 42.0 Å². The Morgan fingerprint density at radius 1 is 0.952 bits per heavy atom. The lowest BCUT2D eigenvalue weighted by atomic mass is 10.1. The summed E-state index contributed by atoms with van der Waals surface area (Å²) >= 11 is 2.40. The smallest absolute Gasteiger partial charge is 0.251 e. The quantitative estimate of drug-likeness (QED) is 0.196. The van der Waals surface area contributed by atoms with Crippen molar-refractivity contribution in [3.8, 4) is 22.9 Å². The van der Waals surface area contributed by atoms with E-state index < -0.39 is 11.7 Å². The highest BCUT2D eigenvalue weighted by molar-refractivity contribution is 7.99. The van der Waals surface area contributed by atoms with Gasteiger partial charge in [0.25, 0.3) is 5.91 Å². The topological polar surface area (TPSA) is 142 Å². The number of halogens is 1. The van der Waals surface area contributed by atoms with Crippen LogP contribution in [0.2, 0.25) is 0 Å². The van der Waals surface area contributed by atoms with Crippen LogP contribution in [0.4, 0.5) is 9.52 Å². The molecule has 2 aromatic heterocycles. The van der Waals surface area contributed by atoms with Gasteiger partial charge in [-0.3, -0.25) is 19.5 Å². The van der Waals surface area contributed by atoms with Crippen LogP contribution in [0.5, 0.6) is 17.2 Å². The number of aromatic nitrogens is 5. The van der Waals surface area contributed by atoms with Crippen LogP contribution in [0.15, 0.2) is 41.6 Å². The van der Waals surface area contributed by atoms with E-state index in [-0.39, 0.29) is 18.2 Å². The van der Waals surface area contributed by atoms with Crippen molar-refractivity contribution >= 4 is 40.0 Å². The molecule has 2 aromatic carbocycles. The number of carbonyl (C=O) groups excluding carboxylic acids is 2. The number of nitrogens with zero attached hydrogens (tertiary/aromatic N) is 5. The van der Waals surface area contributed by atoms with Gasteiger partial charge in [0.05, 0.1) is 32.1 Å². The van der Waals surface area contributed by atoms with Crippen molar-refractivity contribution in [1.29, 1.82) is 0 Å². The molecule has 0 radical (unpaired) electrons. The Morgan fingerprint density at radius 3 is 2.21 bits per heavy atom. The Bertz CT molecular complexity index is 1500. The minimum absolute atomic E-state index is 0.0108. The average Bonchev–Trinajstić information content (AvgIpc) is 3.58. The van der Waals surface area contributed by atoms with Gasteiger partial charge in [0, 0.05) is 11.3 Å². The van der Waals surface area contributed by atoms with Crippen molar-refractivity contribution < 1.29 is 28.2 Å². The van der Waals surface area contributed by atoms with E-state index in [1.54, 1.807) is 35.8 Å². The third-order valence-corrected chi connectivity index (χ3v) is 7.15. The Hall–Kier alpha value is -4.24. The molecule has 222 valence electrons. The van der Waals surface area contributed by atoms with Crippen molar-refractivity contribution in [2.75, 3.05) is 30.9 Å². The standard InChI is InChI=1S/C27H30FN7O5S2/c1-5-38-20-12-17(13-21(39-6-2)24(20)40-7-3)25(37)29-14-22-32-34-27(35(22)19-10-8-18(28)9-11-19)41-15-23(36)30-26-33-31-16(4)42-26/h8-13H,5-7,14-15H2,1-4H3,(H,29,37)(H,30,33,36). The SMILES string of the molecule is CCOc1cc(C(=O)NCc2nnc(SCC(=O)Nc3nnc(C)s3)n2-c2ccc(F)cc2)cc(OCC)c1OCC. The number of nitrogens with one attached hydrogen (secondary N) is 2. The number of carbonyl (C=O) groups is 2. The highest BCUT2D eigenvalue weighted by Crippen LogP contribution is 2.39. The fraction of sp³-hybridized carbons (Fsp3) is 0.333. The Kier molecular flexibility index (Phi) is 10.7.